The summed E-state index contributed by atoms with van der Waals surface area (Å²) < 4.78 is 2.00. The van der Waals surface area contributed by atoms with Crippen LogP contribution in [0.2, 0.25) is 0 Å². The first-order chi connectivity index (χ1) is 9.99. The van der Waals surface area contributed by atoms with Crippen LogP contribution in [-0.4, -0.2) is 27.4 Å². The lowest BCUT2D eigenvalue weighted by Gasteiger charge is -2.21. The van der Waals surface area contributed by atoms with Gasteiger partial charge in [-0.1, -0.05) is 18.2 Å². The molecule has 1 atom stereocenters. The number of para-hydroxylation sites is 1. The zero-order valence-corrected chi connectivity index (χ0v) is 13.0. The molecule has 21 heavy (non-hydrogen) atoms. The second-order valence-electron chi connectivity index (χ2n) is 5.29. The van der Waals surface area contributed by atoms with Gasteiger partial charge in [-0.15, -0.1) is 0 Å². The van der Waals surface area contributed by atoms with E-state index in [1.807, 2.05) is 42.1 Å². The van der Waals surface area contributed by atoms with E-state index >= 15 is 0 Å². The highest BCUT2D eigenvalue weighted by molar-refractivity contribution is 5.73. The second-order valence-corrected chi connectivity index (χ2v) is 5.29. The molecule has 1 unspecified atom stereocenters. The first-order valence-electron chi connectivity index (χ1n) is 7.02. The van der Waals surface area contributed by atoms with E-state index in [-0.39, 0.29) is 11.9 Å². The molecule has 112 valence electrons. The molecule has 1 N–H and O–H groups in total. The average Bonchev–Trinajstić information content (AvgIpc) is 2.87. The van der Waals surface area contributed by atoms with Gasteiger partial charge in [0, 0.05) is 45.6 Å². The number of imidazole rings is 1. The van der Waals surface area contributed by atoms with Crippen molar-refractivity contribution in [2.45, 2.75) is 26.4 Å². The van der Waals surface area contributed by atoms with Gasteiger partial charge in [0.15, 0.2) is 0 Å². The highest BCUT2D eigenvalue weighted by Gasteiger charge is 2.13. The van der Waals surface area contributed by atoms with E-state index in [4.69, 9.17) is 0 Å². The zero-order valence-electron chi connectivity index (χ0n) is 13.0. The van der Waals surface area contributed by atoms with Crippen molar-refractivity contribution in [1.29, 1.82) is 0 Å². The van der Waals surface area contributed by atoms with Gasteiger partial charge in [0.25, 0.3) is 0 Å². The highest BCUT2D eigenvalue weighted by atomic mass is 16.2. The molecular formula is C16H22N4O. The first-order valence-corrected chi connectivity index (χ1v) is 7.02. The number of aryl methyl sites for hydroxylation is 1. The molecule has 0 bridgehead atoms. The minimum Gasteiger partial charge on any atom is -0.375 e. The summed E-state index contributed by atoms with van der Waals surface area (Å²) in [4.78, 5) is 17.5. The van der Waals surface area contributed by atoms with Gasteiger partial charge in [-0.25, -0.2) is 4.98 Å². The summed E-state index contributed by atoms with van der Waals surface area (Å²) in [5.74, 6) is 1.03. The lowest BCUT2D eigenvalue weighted by molar-refractivity contribution is -0.128. The van der Waals surface area contributed by atoms with Crippen molar-refractivity contribution in [3.8, 4) is 0 Å². The Morgan fingerprint density at radius 3 is 2.76 bits per heavy atom. The Labute approximate surface area is 125 Å². The molecule has 1 aromatic carbocycles. The van der Waals surface area contributed by atoms with E-state index in [2.05, 4.69) is 17.2 Å². The molecule has 0 radical (unpaired) electrons. The maximum absolute atomic E-state index is 11.4. The van der Waals surface area contributed by atoms with Crippen molar-refractivity contribution < 1.29 is 4.79 Å². The first kappa shape index (κ1) is 15.1. The number of nitrogens with one attached hydrogen (secondary N) is 1. The summed E-state index contributed by atoms with van der Waals surface area (Å²) >= 11 is 0. The molecule has 1 amide bonds. The van der Waals surface area contributed by atoms with Crippen LogP contribution in [0.4, 0.5) is 5.69 Å². The van der Waals surface area contributed by atoms with Crippen molar-refractivity contribution >= 4 is 11.6 Å². The number of anilines is 1. The molecule has 0 aliphatic rings. The van der Waals surface area contributed by atoms with Crippen LogP contribution >= 0.6 is 0 Å². The third-order valence-corrected chi connectivity index (χ3v) is 3.58. The lowest BCUT2D eigenvalue weighted by Crippen LogP contribution is -2.24. The van der Waals surface area contributed by atoms with Gasteiger partial charge in [-0.2, -0.15) is 0 Å². The smallest absolute Gasteiger partial charge is 0.219 e. The third kappa shape index (κ3) is 3.62. The number of carbonyl (C=O) groups is 1. The predicted molar refractivity (Wildman–Crippen MR) is 83.8 cm³/mol. The van der Waals surface area contributed by atoms with Crippen molar-refractivity contribution in [3.63, 3.8) is 0 Å². The Balaban J connectivity index is 2.17. The SMILES string of the molecule is CC(=O)N(C)Cc1ccccc1NC(C)c1nccn1C. The Bertz CT molecular complexity index is 620. The van der Waals surface area contributed by atoms with Crippen LogP contribution in [0.15, 0.2) is 36.7 Å². The molecule has 5 nitrogen and oxygen atoms in total. The molecule has 0 aliphatic heterocycles. The molecule has 0 spiro atoms. The number of hydrogen-bond donors (Lipinski definition) is 1. The van der Waals surface area contributed by atoms with E-state index in [9.17, 15) is 4.79 Å². The molecule has 2 rings (SSSR count). The Morgan fingerprint density at radius 2 is 2.14 bits per heavy atom. The van der Waals surface area contributed by atoms with Crippen LogP contribution < -0.4 is 5.32 Å². The summed E-state index contributed by atoms with van der Waals surface area (Å²) in [5.41, 5.74) is 2.12. The summed E-state index contributed by atoms with van der Waals surface area (Å²) in [7, 11) is 3.79. The van der Waals surface area contributed by atoms with Gasteiger partial charge in [0.2, 0.25) is 5.91 Å². The van der Waals surface area contributed by atoms with Crippen LogP contribution in [-0.2, 0) is 18.4 Å². The number of aromatic nitrogens is 2. The van der Waals surface area contributed by atoms with Crippen LogP contribution in [0.25, 0.3) is 0 Å². The minimum absolute atomic E-state index is 0.0574. The number of rotatable bonds is 5. The maximum atomic E-state index is 11.4. The fourth-order valence-corrected chi connectivity index (χ4v) is 2.26. The van der Waals surface area contributed by atoms with Crippen molar-refractivity contribution in [2.24, 2.45) is 7.05 Å². The summed E-state index contributed by atoms with van der Waals surface area (Å²) in [6.45, 7) is 4.24. The third-order valence-electron chi connectivity index (χ3n) is 3.58. The van der Waals surface area contributed by atoms with E-state index < -0.39 is 0 Å². The van der Waals surface area contributed by atoms with E-state index in [1.54, 1.807) is 25.1 Å². The summed E-state index contributed by atoms with van der Waals surface area (Å²) in [5, 5.41) is 3.48. The number of carbonyl (C=O) groups excluding carboxylic acids is 1. The fourth-order valence-electron chi connectivity index (χ4n) is 2.26. The van der Waals surface area contributed by atoms with Gasteiger partial charge >= 0.3 is 0 Å². The predicted octanol–water partition coefficient (Wildman–Crippen LogP) is 2.57. The number of hydrogen-bond acceptors (Lipinski definition) is 3. The van der Waals surface area contributed by atoms with Crippen molar-refractivity contribution in [1.82, 2.24) is 14.5 Å². The quantitative estimate of drug-likeness (QED) is 0.919. The summed E-state index contributed by atoms with van der Waals surface area (Å²) in [6, 6.07) is 8.13. The molecule has 1 heterocycles. The van der Waals surface area contributed by atoms with Gasteiger partial charge in [0.1, 0.15) is 5.82 Å². The fraction of sp³-hybridized carbons (Fsp3) is 0.375. The van der Waals surface area contributed by atoms with Crippen molar-refractivity contribution in [2.75, 3.05) is 12.4 Å². The van der Waals surface area contributed by atoms with Crippen LogP contribution in [0.5, 0.6) is 0 Å². The van der Waals surface area contributed by atoms with Gasteiger partial charge in [-0.3, -0.25) is 4.79 Å². The monoisotopic (exact) mass is 286 g/mol. The van der Waals surface area contributed by atoms with Gasteiger partial charge in [-0.05, 0) is 18.6 Å². The van der Waals surface area contributed by atoms with Crippen LogP contribution in [0.1, 0.15) is 31.3 Å². The Hall–Kier alpha value is -2.30. The largest absolute Gasteiger partial charge is 0.375 e. The highest BCUT2D eigenvalue weighted by Crippen LogP contribution is 2.22. The maximum Gasteiger partial charge on any atom is 0.219 e. The van der Waals surface area contributed by atoms with Gasteiger partial charge < -0.3 is 14.8 Å². The normalized spacial score (nSPS) is 12.0. The Kier molecular flexibility index (Phi) is 4.62. The molecule has 0 saturated carbocycles. The minimum atomic E-state index is 0.0574. The van der Waals surface area contributed by atoms with Crippen molar-refractivity contribution in [3.05, 3.63) is 48.0 Å². The number of nitrogens with zero attached hydrogens (tertiary/aromatic N) is 3. The molecule has 5 heteroatoms. The molecular weight excluding hydrogens is 264 g/mol. The second kappa shape index (κ2) is 6.43. The zero-order chi connectivity index (χ0) is 15.4. The van der Waals surface area contributed by atoms with Crippen LogP contribution in [0.3, 0.4) is 0 Å². The average molecular weight is 286 g/mol. The molecule has 1 aromatic heterocycles. The van der Waals surface area contributed by atoms with E-state index in [0.29, 0.717) is 6.54 Å². The van der Waals surface area contributed by atoms with E-state index in [0.717, 1.165) is 17.1 Å². The molecule has 0 fully saturated rings. The van der Waals surface area contributed by atoms with Gasteiger partial charge in [0.05, 0.1) is 6.04 Å². The standard InChI is InChI=1S/C16H22N4O/c1-12(16-17-9-10-19(16)3)18-15-8-6-5-7-14(15)11-20(4)13(2)21/h5-10,12,18H,11H2,1-4H3. The topological polar surface area (TPSA) is 50.2 Å². The number of amides is 1. The Morgan fingerprint density at radius 1 is 1.43 bits per heavy atom. The summed E-state index contributed by atoms with van der Waals surface area (Å²) in [6.07, 6.45) is 3.73. The molecule has 0 aliphatic carbocycles. The van der Waals surface area contributed by atoms with Crippen LogP contribution in [0, 0.1) is 0 Å². The molecule has 2 aromatic rings. The van der Waals surface area contributed by atoms with E-state index in [1.165, 1.54) is 0 Å². The lowest BCUT2D eigenvalue weighted by atomic mass is 10.1. The molecule has 0 saturated heterocycles. The number of benzene rings is 1.